The molecule has 5 nitrogen and oxygen atoms in total. The molecule has 1 fully saturated rings. The fourth-order valence-electron chi connectivity index (χ4n) is 3.34. The van der Waals surface area contributed by atoms with Crippen LogP contribution in [0.1, 0.15) is 17.9 Å². The molecule has 2 aromatic heterocycles. The van der Waals surface area contributed by atoms with Gasteiger partial charge < -0.3 is 9.42 Å². The van der Waals surface area contributed by atoms with Gasteiger partial charge in [-0.15, -0.1) is 0 Å². The van der Waals surface area contributed by atoms with Gasteiger partial charge in [-0.25, -0.2) is 0 Å². The summed E-state index contributed by atoms with van der Waals surface area (Å²) in [6, 6.07) is 14.5. The van der Waals surface area contributed by atoms with Gasteiger partial charge in [0.2, 0.25) is 11.7 Å². The van der Waals surface area contributed by atoms with Crippen molar-refractivity contribution in [1.29, 1.82) is 0 Å². The number of hydrogen-bond acceptors (Lipinski definition) is 5. The van der Waals surface area contributed by atoms with Crippen molar-refractivity contribution >= 4 is 0 Å². The minimum absolute atomic E-state index is 0.624. The van der Waals surface area contributed by atoms with Crippen molar-refractivity contribution in [1.82, 2.24) is 20.0 Å². The third-order valence-electron chi connectivity index (χ3n) is 4.67. The number of aryl methyl sites for hydroxylation is 1. The van der Waals surface area contributed by atoms with Gasteiger partial charge in [0.05, 0.1) is 0 Å². The first-order chi connectivity index (χ1) is 12.4. The van der Waals surface area contributed by atoms with E-state index in [4.69, 9.17) is 4.52 Å². The zero-order chi connectivity index (χ0) is 16.9. The van der Waals surface area contributed by atoms with E-state index in [2.05, 4.69) is 50.4 Å². The van der Waals surface area contributed by atoms with E-state index < -0.39 is 0 Å². The van der Waals surface area contributed by atoms with E-state index in [9.17, 15) is 0 Å². The summed E-state index contributed by atoms with van der Waals surface area (Å²) in [4.78, 5) is 11.1. The minimum Gasteiger partial charge on any atom is -0.339 e. The molecule has 1 aromatic carbocycles. The third kappa shape index (κ3) is 4.12. The topological polar surface area (TPSA) is 55.1 Å². The van der Waals surface area contributed by atoms with Crippen LogP contribution in [0.15, 0.2) is 59.4 Å². The van der Waals surface area contributed by atoms with Crippen LogP contribution in [0.5, 0.6) is 0 Å². The van der Waals surface area contributed by atoms with E-state index in [1.807, 2.05) is 12.1 Å². The molecule has 25 heavy (non-hydrogen) atoms. The van der Waals surface area contributed by atoms with Gasteiger partial charge in [0.15, 0.2) is 0 Å². The summed E-state index contributed by atoms with van der Waals surface area (Å²) in [5.41, 5.74) is 2.32. The molecule has 1 aliphatic heterocycles. The van der Waals surface area contributed by atoms with E-state index in [0.717, 1.165) is 43.9 Å². The van der Waals surface area contributed by atoms with Crippen molar-refractivity contribution < 1.29 is 4.52 Å². The first-order valence-electron chi connectivity index (χ1n) is 8.86. The van der Waals surface area contributed by atoms with E-state index in [-0.39, 0.29) is 0 Å². The maximum absolute atomic E-state index is 5.39. The van der Waals surface area contributed by atoms with E-state index in [1.165, 1.54) is 12.0 Å². The van der Waals surface area contributed by atoms with Crippen LogP contribution in [-0.4, -0.2) is 39.7 Å². The van der Waals surface area contributed by atoms with Crippen molar-refractivity contribution in [3.8, 4) is 11.4 Å². The second-order valence-corrected chi connectivity index (χ2v) is 6.67. The lowest BCUT2D eigenvalue weighted by Crippen LogP contribution is -2.47. The Hall–Kier alpha value is -2.53. The number of benzene rings is 1. The van der Waals surface area contributed by atoms with Crippen LogP contribution in [0.4, 0.5) is 0 Å². The molecule has 0 bridgehead atoms. The van der Waals surface area contributed by atoms with Crippen LogP contribution in [-0.2, 0) is 12.8 Å². The van der Waals surface area contributed by atoms with Crippen molar-refractivity contribution in [2.45, 2.75) is 19.3 Å². The second kappa shape index (κ2) is 7.57. The van der Waals surface area contributed by atoms with E-state index in [1.54, 1.807) is 12.4 Å². The normalized spacial score (nSPS) is 15.2. The average molecular weight is 334 g/mol. The molecule has 4 rings (SSSR count). The molecule has 0 aliphatic carbocycles. The van der Waals surface area contributed by atoms with Gasteiger partial charge in [-0.3, -0.25) is 4.98 Å². The summed E-state index contributed by atoms with van der Waals surface area (Å²) < 4.78 is 5.39. The Morgan fingerprint density at radius 2 is 1.96 bits per heavy atom. The highest BCUT2D eigenvalue weighted by Gasteiger charge is 2.28. The molecule has 3 aromatic rings. The standard InChI is InChI=1S/C20H22N4O/c1-2-6-16(7-3-1)8-5-11-24-14-17(15-24)12-19-22-20(23-25-19)18-9-4-10-21-13-18/h1-4,6-7,9-10,13,17H,5,8,11-12,14-15H2. The minimum atomic E-state index is 0.624. The van der Waals surface area contributed by atoms with Crippen LogP contribution in [0, 0.1) is 5.92 Å². The smallest absolute Gasteiger partial charge is 0.227 e. The molecule has 5 heteroatoms. The molecule has 1 saturated heterocycles. The zero-order valence-corrected chi connectivity index (χ0v) is 14.2. The molecule has 128 valence electrons. The zero-order valence-electron chi connectivity index (χ0n) is 14.2. The monoisotopic (exact) mass is 334 g/mol. The predicted octanol–water partition coefficient (Wildman–Crippen LogP) is 3.24. The van der Waals surface area contributed by atoms with Crippen LogP contribution >= 0.6 is 0 Å². The number of nitrogens with zero attached hydrogens (tertiary/aromatic N) is 4. The van der Waals surface area contributed by atoms with Gasteiger partial charge in [-0.1, -0.05) is 35.5 Å². The number of rotatable bonds is 7. The van der Waals surface area contributed by atoms with Gasteiger partial charge in [-0.05, 0) is 43.0 Å². The van der Waals surface area contributed by atoms with E-state index >= 15 is 0 Å². The lowest BCUT2D eigenvalue weighted by Gasteiger charge is -2.38. The summed E-state index contributed by atoms with van der Waals surface area (Å²) in [5.74, 6) is 1.98. The molecule has 0 atom stereocenters. The quantitative estimate of drug-likeness (QED) is 0.664. The molecular formula is C20H22N4O. The Morgan fingerprint density at radius 1 is 1.08 bits per heavy atom. The number of pyridine rings is 1. The molecular weight excluding hydrogens is 312 g/mol. The Labute approximate surface area is 147 Å². The summed E-state index contributed by atoms with van der Waals surface area (Å²) >= 11 is 0. The van der Waals surface area contributed by atoms with Crippen molar-refractivity contribution in [2.75, 3.05) is 19.6 Å². The van der Waals surface area contributed by atoms with Gasteiger partial charge in [-0.2, -0.15) is 4.98 Å². The Morgan fingerprint density at radius 3 is 2.76 bits per heavy atom. The second-order valence-electron chi connectivity index (χ2n) is 6.67. The van der Waals surface area contributed by atoms with Crippen LogP contribution in [0.2, 0.25) is 0 Å². The van der Waals surface area contributed by atoms with Crippen LogP contribution < -0.4 is 0 Å². The number of likely N-dealkylation sites (tertiary alicyclic amines) is 1. The molecule has 3 heterocycles. The third-order valence-corrected chi connectivity index (χ3v) is 4.67. The van der Waals surface area contributed by atoms with Crippen molar-refractivity contribution in [3.05, 3.63) is 66.3 Å². The maximum atomic E-state index is 5.39. The van der Waals surface area contributed by atoms with Crippen molar-refractivity contribution in [2.24, 2.45) is 5.92 Å². The predicted molar refractivity (Wildman–Crippen MR) is 95.9 cm³/mol. The first kappa shape index (κ1) is 16.0. The molecule has 0 radical (unpaired) electrons. The Balaban J connectivity index is 1.19. The SMILES string of the molecule is c1ccc(CCCN2CC(Cc3nc(-c4cccnc4)no3)C2)cc1. The lowest BCUT2D eigenvalue weighted by atomic mass is 9.95. The first-order valence-corrected chi connectivity index (χ1v) is 8.86. The molecule has 0 spiro atoms. The highest BCUT2D eigenvalue weighted by molar-refractivity contribution is 5.51. The Bertz CT molecular complexity index is 782. The van der Waals surface area contributed by atoms with Gasteiger partial charge in [0.25, 0.3) is 0 Å². The van der Waals surface area contributed by atoms with Crippen molar-refractivity contribution in [3.63, 3.8) is 0 Å². The largest absolute Gasteiger partial charge is 0.339 e. The molecule has 0 N–H and O–H groups in total. The number of hydrogen-bond donors (Lipinski definition) is 0. The summed E-state index contributed by atoms with van der Waals surface area (Å²) in [6.45, 7) is 3.41. The van der Waals surface area contributed by atoms with E-state index in [0.29, 0.717) is 11.7 Å². The molecule has 1 aliphatic rings. The van der Waals surface area contributed by atoms with Crippen LogP contribution in [0.25, 0.3) is 11.4 Å². The van der Waals surface area contributed by atoms with Gasteiger partial charge in [0, 0.05) is 37.5 Å². The highest BCUT2D eigenvalue weighted by atomic mass is 16.5. The fourth-order valence-corrected chi connectivity index (χ4v) is 3.34. The van der Waals surface area contributed by atoms with Gasteiger partial charge >= 0.3 is 0 Å². The summed E-state index contributed by atoms with van der Waals surface area (Å²) in [7, 11) is 0. The molecule has 0 unspecified atom stereocenters. The van der Waals surface area contributed by atoms with Crippen LogP contribution in [0.3, 0.4) is 0 Å². The summed E-state index contributed by atoms with van der Waals surface area (Å²) in [5, 5.41) is 4.06. The number of aromatic nitrogens is 3. The average Bonchev–Trinajstić information content (AvgIpc) is 3.10. The maximum Gasteiger partial charge on any atom is 0.227 e. The lowest BCUT2D eigenvalue weighted by molar-refractivity contribution is 0.0933. The fraction of sp³-hybridized carbons (Fsp3) is 0.350. The molecule has 0 saturated carbocycles. The highest BCUT2D eigenvalue weighted by Crippen LogP contribution is 2.22. The van der Waals surface area contributed by atoms with Gasteiger partial charge in [0.1, 0.15) is 0 Å². The Kier molecular flexibility index (Phi) is 4.84. The summed E-state index contributed by atoms with van der Waals surface area (Å²) in [6.07, 6.45) is 6.72. The molecule has 0 amide bonds.